The fourth-order valence-corrected chi connectivity index (χ4v) is 1.63. The topological polar surface area (TPSA) is 28.2 Å². The van der Waals surface area contributed by atoms with Crippen molar-refractivity contribution in [2.75, 3.05) is 25.0 Å². The number of hydrogen-bond donors (Lipinski definition) is 1. The average Bonchev–Trinajstić information content (AvgIpc) is 2.16. The van der Waals surface area contributed by atoms with Gasteiger partial charge in [-0.25, -0.2) is 4.98 Å². The smallest absolute Gasteiger partial charge is 0.147 e. The van der Waals surface area contributed by atoms with Crippen LogP contribution in [0.4, 0.5) is 5.82 Å². The highest BCUT2D eigenvalue weighted by Crippen LogP contribution is 2.20. The summed E-state index contributed by atoms with van der Waals surface area (Å²) < 4.78 is 0. The Hall–Kier alpha value is -0.800. The minimum atomic E-state index is 0.148. The first kappa shape index (κ1) is 13.3. The molecule has 0 atom stereocenters. The molecule has 3 nitrogen and oxygen atoms in total. The van der Waals surface area contributed by atoms with E-state index in [9.17, 15) is 0 Å². The van der Waals surface area contributed by atoms with E-state index in [0.717, 1.165) is 18.9 Å². The zero-order chi connectivity index (χ0) is 12.2. The van der Waals surface area contributed by atoms with Crippen LogP contribution in [0.25, 0.3) is 0 Å². The summed E-state index contributed by atoms with van der Waals surface area (Å²) in [5.41, 5.74) is 0.148. The third-order valence-corrected chi connectivity index (χ3v) is 2.50. The van der Waals surface area contributed by atoms with E-state index in [2.05, 4.69) is 36.0 Å². The van der Waals surface area contributed by atoms with E-state index in [1.807, 2.05) is 19.2 Å². The van der Waals surface area contributed by atoms with Crippen molar-refractivity contribution in [1.29, 1.82) is 0 Å². The molecule has 0 unspecified atom stereocenters. The summed E-state index contributed by atoms with van der Waals surface area (Å²) in [7, 11) is 2.00. The van der Waals surface area contributed by atoms with E-state index in [0.29, 0.717) is 5.02 Å². The van der Waals surface area contributed by atoms with Crippen LogP contribution in [0.15, 0.2) is 18.3 Å². The lowest BCUT2D eigenvalue weighted by Crippen LogP contribution is -2.40. The molecule has 0 fully saturated rings. The molecule has 1 rings (SSSR count). The third kappa shape index (κ3) is 4.37. The van der Waals surface area contributed by atoms with Crippen molar-refractivity contribution in [2.45, 2.75) is 26.3 Å². The molecule has 0 aliphatic rings. The average molecular weight is 242 g/mol. The number of halogens is 1. The van der Waals surface area contributed by atoms with Gasteiger partial charge in [0, 0.05) is 31.9 Å². The Bertz CT molecular complexity index is 333. The predicted octanol–water partition coefficient (Wildman–Crippen LogP) is 2.56. The van der Waals surface area contributed by atoms with Crippen molar-refractivity contribution in [3.05, 3.63) is 23.4 Å². The van der Waals surface area contributed by atoms with E-state index in [-0.39, 0.29) is 5.54 Å². The summed E-state index contributed by atoms with van der Waals surface area (Å²) in [6.45, 7) is 8.25. The number of hydrogen-bond acceptors (Lipinski definition) is 3. The lowest BCUT2D eigenvalue weighted by molar-refractivity contribution is 0.430. The number of nitrogens with one attached hydrogen (secondary N) is 1. The van der Waals surface area contributed by atoms with Crippen LogP contribution in [0, 0.1) is 0 Å². The van der Waals surface area contributed by atoms with E-state index in [1.54, 1.807) is 6.20 Å². The predicted molar refractivity (Wildman–Crippen MR) is 70.3 cm³/mol. The zero-order valence-corrected chi connectivity index (χ0v) is 11.2. The number of aromatic nitrogens is 1. The van der Waals surface area contributed by atoms with Crippen LogP contribution in [0.1, 0.15) is 20.8 Å². The molecule has 0 bridgehead atoms. The van der Waals surface area contributed by atoms with E-state index in [4.69, 9.17) is 11.6 Å². The van der Waals surface area contributed by atoms with Crippen LogP contribution in [-0.4, -0.2) is 30.7 Å². The Morgan fingerprint density at radius 1 is 1.44 bits per heavy atom. The van der Waals surface area contributed by atoms with Gasteiger partial charge in [0.05, 0.1) is 5.02 Å². The summed E-state index contributed by atoms with van der Waals surface area (Å²) in [6.07, 6.45) is 1.76. The fourth-order valence-electron chi connectivity index (χ4n) is 1.36. The number of anilines is 1. The van der Waals surface area contributed by atoms with Gasteiger partial charge in [-0.15, -0.1) is 0 Å². The summed E-state index contributed by atoms with van der Waals surface area (Å²) in [5, 5.41) is 4.12. The summed E-state index contributed by atoms with van der Waals surface area (Å²) in [4.78, 5) is 6.32. The molecule has 0 aliphatic carbocycles. The molecule has 0 radical (unpaired) electrons. The first-order valence-electron chi connectivity index (χ1n) is 5.47. The maximum Gasteiger partial charge on any atom is 0.147 e. The second-order valence-corrected chi connectivity index (χ2v) is 5.31. The second kappa shape index (κ2) is 5.51. The first-order valence-corrected chi connectivity index (χ1v) is 5.84. The van der Waals surface area contributed by atoms with Crippen LogP contribution in [0.3, 0.4) is 0 Å². The van der Waals surface area contributed by atoms with Crippen molar-refractivity contribution < 1.29 is 0 Å². The van der Waals surface area contributed by atoms with Gasteiger partial charge in [-0.1, -0.05) is 11.6 Å². The molecule has 0 aromatic carbocycles. The van der Waals surface area contributed by atoms with Gasteiger partial charge in [-0.2, -0.15) is 0 Å². The first-order chi connectivity index (χ1) is 7.40. The highest BCUT2D eigenvalue weighted by Gasteiger charge is 2.10. The minimum absolute atomic E-state index is 0.148. The van der Waals surface area contributed by atoms with Crippen LogP contribution in [0.2, 0.25) is 5.02 Å². The number of nitrogens with zero attached hydrogens (tertiary/aromatic N) is 2. The number of likely N-dealkylation sites (N-methyl/N-ethyl adjacent to an activating group) is 1. The van der Waals surface area contributed by atoms with Crippen molar-refractivity contribution in [2.24, 2.45) is 0 Å². The van der Waals surface area contributed by atoms with Gasteiger partial charge < -0.3 is 10.2 Å². The summed E-state index contributed by atoms with van der Waals surface area (Å²) in [6, 6.07) is 3.70. The molecule has 0 spiro atoms. The number of pyridine rings is 1. The fraction of sp³-hybridized carbons (Fsp3) is 0.583. The normalized spacial score (nSPS) is 11.6. The molecular weight excluding hydrogens is 222 g/mol. The van der Waals surface area contributed by atoms with Crippen LogP contribution in [0.5, 0.6) is 0 Å². The Morgan fingerprint density at radius 3 is 2.69 bits per heavy atom. The Morgan fingerprint density at radius 2 is 2.12 bits per heavy atom. The summed E-state index contributed by atoms with van der Waals surface area (Å²) >= 11 is 6.06. The quantitative estimate of drug-likeness (QED) is 0.878. The SMILES string of the molecule is CN(CCNC(C)(C)C)c1ncccc1Cl. The van der Waals surface area contributed by atoms with Gasteiger partial charge in [0.15, 0.2) is 0 Å². The van der Waals surface area contributed by atoms with Gasteiger partial charge in [0.25, 0.3) is 0 Å². The molecular formula is C12H20ClN3. The highest BCUT2D eigenvalue weighted by atomic mass is 35.5. The molecule has 0 saturated heterocycles. The van der Waals surface area contributed by atoms with Crippen molar-refractivity contribution in [1.82, 2.24) is 10.3 Å². The lowest BCUT2D eigenvalue weighted by atomic mass is 10.1. The maximum atomic E-state index is 6.06. The van der Waals surface area contributed by atoms with Crippen molar-refractivity contribution in [3.63, 3.8) is 0 Å². The van der Waals surface area contributed by atoms with Gasteiger partial charge in [-0.3, -0.25) is 0 Å². The van der Waals surface area contributed by atoms with E-state index < -0.39 is 0 Å². The van der Waals surface area contributed by atoms with E-state index >= 15 is 0 Å². The Balaban J connectivity index is 2.47. The van der Waals surface area contributed by atoms with Crippen molar-refractivity contribution >= 4 is 17.4 Å². The standard InChI is InChI=1S/C12H20ClN3/c1-12(2,3)15-8-9-16(4)11-10(13)6-5-7-14-11/h5-7,15H,8-9H2,1-4H3. The minimum Gasteiger partial charge on any atom is -0.357 e. The molecule has 1 aromatic heterocycles. The van der Waals surface area contributed by atoms with E-state index in [1.165, 1.54) is 0 Å². The Kier molecular flexibility index (Phi) is 4.56. The van der Waals surface area contributed by atoms with Gasteiger partial charge in [0.1, 0.15) is 5.82 Å². The Labute approximate surface area is 103 Å². The maximum absolute atomic E-state index is 6.06. The van der Waals surface area contributed by atoms with Gasteiger partial charge in [-0.05, 0) is 32.9 Å². The van der Waals surface area contributed by atoms with Crippen LogP contribution >= 0.6 is 11.6 Å². The third-order valence-electron chi connectivity index (χ3n) is 2.20. The molecule has 90 valence electrons. The molecule has 16 heavy (non-hydrogen) atoms. The molecule has 1 aromatic rings. The van der Waals surface area contributed by atoms with Crippen molar-refractivity contribution in [3.8, 4) is 0 Å². The van der Waals surface area contributed by atoms with Crippen LogP contribution in [-0.2, 0) is 0 Å². The summed E-state index contributed by atoms with van der Waals surface area (Å²) in [5.74, 6) is 0.833. The lowest BCUT2D eigenvalue weighted by Gasteiger charge is -2.24. The molecule has 1 N–H and O–H groups in total. The molecule has 0 amide bonds. The van der Waals surface area contributed by atoms with Gasteiger partial charge >= 0.3 is 0 Å². The molecule has 4 heteroatoms. The second-order valence-electron chi connectivity index (χ2n) is 4.91. The highest BCUT2D eigenvalue weighted by molar-refractivity contribution is 6.32. The zero-order valence-electron chi connectivity index (χ0n) is 10.4. The van der Waals surface area contributed by atoms with Crippen LogP contribution < -0.4 is 10.2 Å². The molecule has 0 aliphatic heterocycles. The largest absolute Gasteiger partial charge is 0.357 e. The molecule has 0 saturated carbocycles. The monoisotopic (exact) mass is 241 g/mol. The van der Waals surface area contributed by atoms with Gasteiger partial charge in [0.2, 0.25) is 0 Å². The number of rotatable bonds is 4. The molecule has 1 heterocycles.